The normalized spacial score (nSPS) is 13.6. The average molecular weight is 369 g/mol. The van der Waals surface area contributed by atoms with Gasteiger partial charge in [-0.15, -0.1) is 0 Å². The van der Waals surface area contributed by atoms with Gasteiger partial charge in [-0.1, -0.05) is 19.1 Å². The molecule has 3 rings (SSSR count). The maximum atomic E-state index is 12.6. The van der Waals surface area contributed by atoms with Gasteiger partial charge in [0.2, 0.25) is 0 Å². The average Bonchev–Trinajstić information content (AvgIpc) is 3.17. The van der Waals surface area contributed by atoms with Crippen LogP contribution in [-0.4, -0.2) is 26.2 Å². The van der Waals surface area contributed by atoms with Gasteiger partial charge in [0, 0.05) is 6.54 Å². The van der Waals surface area contributed by atoms with Crippen molar-refractivity contribution in [3.63, 3.8) is 0 Å². The molecule has 0 bridgehead atoms. The Morgan fingerprint density at radius 3 is 2.56 bits per heavy atom. The number of fused-ring (bicyclic) bond motifs is 1. The molecule has 1 aliphatic rings. The maximum absolute atomic E-state index is 12.6. The lowest BCUT2D eigenvalue weighted by Gasteiger charge is -2.18. The fourth-order valence-corrected chi connectivity index (χ4v) is 3.40. The molecule has 2 aromatic carbocycles. The molecule has 0 saturated carbocycles. The lowest BCUT2D eigenvalue weighted by atomic mass is 10.1. The van der Waals surface area contributed by atoms with E-state index >= 15 is 0 Å². The molecule has 5 nitrogen and oxygen atoms in total. The van der Waals surface area contributed by atoms with E-state index in [9.17, 15) is 4.79 Å². The number of nitrogens with one attached hydrogen (secondary N) is 1. The monoisotopic (exact) mass is 369 g/mol. The number of ether oxygens (including phenoxy) is 3. The van der Waals surface area contributed by atoms with Gasteiger partial charge in [0.05, 0.1) is 14.2 Å². The summed E-state index contributed by atoms with van der Waals surface area (Å²) >= 11 is 0. The van der Waals surface area contributed by atoms with Crippen LogP contribution >= 0.6 is 0 Å². The summed E-state index contributed by atoms with van der Waals surface area (Å²) in [5, 5.41) is 2.95. The molecule has 0 fully saturated rings. The van der Waals surface area contributed by atoms with Crippen LogP contribution in [0.3, 0.4) is 0 Å². The van der Waals surface area contributed by atoms with Crippen LogP contribution in [0.5, 0.6) is 17.2 Å². The van der Waals surface area contributed by atoms with Crippen molar-refractivity contribution in [2.24, 2.45) is 0 Å². The molecule has 5 heteroatoms. The third-order valence-electron chi connectivity index (χ3n) is 4.93. The van der Waals surface area contributed by atoms with Crippen molar-refractivity contribution in [3.05, 3.63) is 53.1 Å². The van der Waals surface area contributed by atoms with Crippen molar-refractivity contribution >= 4 is 5.91 Å². The Labute approximate surface area is 160 Å². The van der Waals surface area contributed by atoms with Gasteiger partial charge in [-0.05, 0) is 66.6 Å². The van der Waals surface area contributed by atoms with Crippen molar-refractivity contribution in [2.45, 2.75) is 45.3 Å². The first-order chi connectivity index (χ1) is 13.1. The highest BCUT2D eigenvalue weighted by Crippen LogP contribution is 2.28. The van der Waals surface area contributed by atoms with Crippen LogP contribution in [0.25, 0.3) is 0 Å². The van der Waals surface area contributed by atoms with Crippen molar-refractivity contribution < 1.29 is 19.0 Å². The molecule has 0 aliphatic heterocycles. The van der Waals surface area contributed by atoms with Crippen LogP contribution in [0, 0.1) is 0 Å². The molecule has 0 radical (unpaired) electrons. The predicted molar refractivity (Wildman–Crippen MR) is 105 cm³/mol. The highest BCUT2D eigenvalue weighted by molar-refractivity contribution is 5.81. The molecule has 1 aliphatic carbocycles. The van der Waals surface area contributed by atoms with E-state index < -0.39 is 6.10 Å². The Kier molecular flexibility index (Phi) is 6.22. The Morgan fingerprint density at radius 2 is 1.81 bits per heavy atom. The van der Waals surface area contributed by atoms with Gasteiger partial charge >= 0.3 is 0 Å². The van der Waals surface area contributed by atoms with E-state index in [2.05, 4.69) is 17.4 Å². The second-order valence-electron chi connectivity index (χ2n) is 6.71. The van der Waals surface area contributed by atoms with Gasteiger partial charge < -0.3 is 19.5 Å². The van der Waals surface area contributed by atoms with Crippen molar-refractivity contribution in [3.8, 4) is 17.2 Å². The molecule has 2 aromatic rings. The number of carbonyl (C=O) groups excluding carboxylic acids is 1. The summed E-state index contributed by atoms with van der Waals surface area (Å²) in [7, 11) is 3.19. The molecule has 0 saturated heterocycles. The van der Waals surface area contributed by atoms with Gasteiger partial charge in [0.25, 0.3) is 5.91 Å². The number of carbonyl (C=O) groups is 1. The van der Waals surface area contributed by atoms with E-state index in [1.165, 1.54) is 17.5 Å². The van der Waals surface area contributed by atoms with Gasteiger partial charge in [-0.25, -0.2) is 0 Å². The Bertz CT molecular complexity index is 803. The van der Waals surface area contributed by atoms with Crippen LogP contribution in [0.2, 0.25) is 0 Å². The van der Waals surface area contributed by atoms with Crippen LogP contribution in [0.4, 0.5) is 0 Å². The van der Waals surface area contributed by atoms with Crippen molar-refractivity contribution in [2.75, 3.05) is 14.2 Å². The first kappa shape index (κ1) is 19.1. The predicted octanol–water partition coefficient (Wildman–Crippen LogP) is 3.67. The van der Waals surface area contributed by atoms with Gasteiger partial charge in [0.1, 0.15) is 5.75 Å². The van der Waals surface area contributed by atoms with E-state index in [1.807, 2.05) is 31.2 Å². The minimum atomic E-state index is -0.510. The molecule has 1 atom stereocenters. The molecule has 1 N–H and O–H groups in total. The number of rotatable bonds is 8. The molecule has 144 valence electrons. The molecular formula is C22H27NO4. The zero-order valence-electron chi connectivity index (χ0n) is 16.2. The number of benzene rings is 2. The van der Waals surface area contributed by atoms with Crippen molar-refractivity contribution in [1.82, 2.24) is 5.32 Å². The van der Waals surface area contributed by atoms with Gasteiger partial charge in [-0.3, -0.25) is 4.79 Å². The molecule has 27 heavy (non-hydrogen) atoms. The lowest BCUT2D eigenvalue weighted by Crippen LogP contribution is -2.37. The molecular weight excluding hydrogens is 342 g/mol. The quantitative estimate of drug-likeness (QED) is 0.771. The fraction of sp³-hybridized carbons (Fsp3) is 0.409. The number of hydrogen-bond donors (Lipinski definition) is 1. The summed E-state index contributed by atoms with van der Waals surface area (Å²) in [4.78, 5) is 12.6. The Hall–Kier alpha value is -2.69. The molecule has 1 amide bonds. The summed E-state index contributed by atoms with van der Waals surface area (Å²) in [5.41, 5.74) is 3.68. The summed E-state index contributed by atoms with van der Waals surface area (Å²) < 4.78 is 16.5. The highest BCUT2D eigenvalue weighted by atomic mass is 16.5. The number of amides is 1. The van der Waals surface area contributed by atoms with Crippen molar-refractivity contribution in [1.29, 1.82) is 0 Å². The Balaban J connectivity index is 1.60. The second-order valence-corrected chi connectivity index (χ2v) is 6.71. The number of hydrogen-bond acceptors (Lipinski definition) is 4. The fourth-order valence-electron chi connectivity index (χ4n) is 3.40. The molecule has 0 heterocycles. The van der Waals surface area contributed by atoms with E-state index in [4.69, 9.17) is 14.2 Å². The molecule has 0 aromatic heterocycles. The van der Waals surface area contributed by atoms with E-state index in [0.29, 0.717) is 24.5 Å². The Morgan fingerprint density at radius 1 is 1.04 bits per heavy atom. The zero-order chi connectivity index (χ0) is 19.2. The number of aryl methyl sites for hydroxylation is 2. The molecule has 0 spiro atoms. The highest BCUT2D eigenvalue weighted by Gasteiger charge is 2.19. The molecule has 0 unspecified atom stereocenters. The minimum absolute atomic E-state index is 0.118. The summed E-state index contributed by atoms with van der Waals surface area (Å²) in [6.45, 7) is 2.36. The maximum Gasteiger partial charge on any atom is 0.261 e. The number of methoxy groups -OCH3 is 2. The lowest BCUT2D eigenvalue weighted by molar-refractivity contribution is -0.128. The third-order valence-corrected chi connectivity index (χ3v) is 4.93. The summed E-state index contributed by atoms with van der Waals surface area (Å²) in [5.74, 6) is 1.96. The van der Waals surface area contributed by atoms with E-state index in [-0.39, 0.29) is 5.91 Å². The van der Waals surface area contributed by atoms with Crippen LogP contribution in [-0.2, 0) is 24.2 Å². The van der Waals surface area contributed by atoms with Crippen LogP contribution < -0.4 is 19.5 Å². The minimum Gasteiger partial charge on any atom is -0.493 e. The summed E-state index contributed by atoms with van der Waals surface area (Å²) in [6.07, 6.45) is 3.52. The van der Waals surface area contributed by atoms with Gasteiger partial charge in [0.15, 0.2) is 17.6 Å². The standard InChI is InChI=1S/C22H27NO4/c1-4-19(27-18-10-9-16-6-5-7-17(16)13-18)22(24)23-14-15-8-11-20(25-2)21(12-15)26-3/h8-13,19H,4-7,14H2,1-3H3,(H,23,24)/t19-/m0/s1. The summed E-state index contributed by atoms with van der Waals surface area (Å²) in [6, 6.07) is 11.8. The van der Waals surface area contributed by atoms with Crippen LogP contribution in [0.1, 0.15) is 36.5 Å². The van der Waals surface area contributed by atoms with E-state index in [1.54, 1.807) is 14.2 Å². The SMILES string of the molecule is CC[C@H](Oc1ccc2c(c1)CCC2)C(=O)NCc1ccc(OC)c(OC)c1. The topological polar surface area (TPSA) is 56.8 Å². The first-order valence-corrected chi connectivity index (χ1v) is 9.41. The largest absolute Gasteiger partial charge is 0.493 e. The second kappa shape index (κ2) is 8.80. The first-order valence-electron chi connectivity index (χ1n) is 9.41. The van der Waals surface area contributed by atoms with E-state index in [0.717, 1.165) is 24.2 Å². The smallest absolute Gasteiger partial charge is 0.261 e. The zero-order valence-corrected chi connectivity index (χ0v) is 16.2. The third kappa shape index (κ3) is 4.54. The van der Waals surface area contributed by atoms with Crippen LogP contribution in [0.15, 0.2) is 36.4 Å². The van der Waals surface area contributed by atoms with Gasteiger partial charge in [-0.2, -0.15) is 0 Å².